The lowest BCUT2D eigenvalue weighted by Gasteiger charge is -2.32. The molecule has 65 heavy (non-hydrogen) atoms. The van der Waals surface area contributed by atoms with Crippen molar-refractivity contribution < 1.29 is 38.2 Å². The average molecular weight is 892 g/mol. The summed E-state index contributed by atoms with van der Waals surface area (Å²) in [6.45, 7) is 7.26. The molecule has 10 N–H and O–H groups in total. The Morgan fingerprint density at radius 1 is 0.938 bits per heavy atom. The van der Waals surface area contributed by atoms with Gasteiger partial charge in [0.05, 0.1) is 23.4 Å². The SMILES string of the molecule is Cc1nc(-c2cccc(OC(C)C)c2)ncc1C(=O)N[C@@H](CCN)C(=O)N(C)[C@@H]1C(=O)N[C@@H](C)C(=O)N[C@H](C(=O)NCC#N)Cc2ccc(OCCN)c(c2)-c2cc1ccc2OCCN. The maximum atomic E-state index is 14.6. The van der Waals surface area contributed by atoms with E-state index in [9.17, 15) is 24.0 Å². The summed E-state index contributed by atoms with van der Waals surface area (Å²) in [6.07, 6.45) is 1.32. The summed E-state index contributed by atoms with van der Waals surface area (Å²) in [7, 11) is 1.40. The molecule has 0 radical (unpaired) electrons. The molecular weight excluding hydrogens is 835 g/mol. The van der Waals surface area contributed by atoms with E-state index in [1.54, 1.807) is 49.4 Å². The number of likely N-dealkylation sites (N-methyl/N-ethyl adjacent to an activating group) is 1. The Bertz CT molecular complexity index is 2400. The molecule has 2 heterocycles. The minimum atomic E-state index is -1.41. The van der Waals surface area contributed by atoms with E-state index in [-0.39, 0.29) is 63.9 Å². The summed E-state index contributed by atoms with van der Waals surface area (Å²) < 4.78 is 18.0. The van der Waals surface area contributed by atoms with Crippen LogP contribution < -0.4 is 52.7 Å². The zero-order valence-corrected chi connectivity index (χ0v) is 37.2. The van der Waals surface area contributed by atoms with E-state index in [1.807, 2.05) is 38.1 Å². The van der Waals surface area contributed by atoms with E-state index in [4.69, 9.17) is 36.7 Å². The second kappa shape index (κ2) is 23.0. The number of nitrogens with two attached hydrogens (primary N) is 3. The average Bonchev–Trinajstić information content (AvgIpc) is 3.28. The molecule has 5 amide bonds. The molecular formula is C46H57N11O8. The third kappa shape index (κ3) is 12.5. The number of carbonyl (C=O) groups excluding carboxylic acids is 5. The Kier molecular flexibility index (Phi) is 17.3. The van der Waals surface area contributed by atoms with Crippen molar-refractivity contribution in [3.05, 3.63) is 89.2 Å². The number of fused-ring (bicyclic) bond motifs is 5. The standard InChI is InChI=1S/C46H57N11O8/c1-26(2)65-32-8-6-7-31(23-32)41-52-25-35(27(3)53-41)43(59)55-36(13-14-47)46(62)57(5)40-30-10-12-39(64-20-17-50)34(24-30)33-21-29(9-11-38(33)63-19-16-49)22-37(44(60)51-18-15-48)56-42(58)28(4)54-45(40)61/h6-12,21,23-26,28,36-37,40H,13-14,16-20,22,47,49-50H2,1-5H3,(H,51,60)(H,54,61)(H,55,59)(H,56,58)/t28-,36-,37-,40-/m0/s1. The maximum absolute atomic E-state index is 14.6. The fourth-order valence-corrected chi connectivity index (χ4v) is 7.18. The van der Waals surface area contributed by atoms with E-state index in [1.165, 1.54) is 25.1 Å². The summed E-state index contributed by atoms with van der Waals surface area (Å²) in [6, 6.07) is 14.2. The van der Waals surface area contributed by atoms with Gasteiger partial charge in [-0.05, 0) is 88.2 Å². The summed E-state index contributed by atoms with van der Waals surface area (Å²) in [4.78, 5) is 80.3. The van der Waals surface area contributed by atoms with Crippen LogP contribution in [0.3, 0.4) is 0 Å². The number of nitriles is 1. The van der Waals surface area contributed by atoms with Crippen molar-refractivity contribution in [2.75, 3.05) is 46.4 Å². The lowest BCUT2D eigenvalue weighted by molar-refractivity contribution is -0.141. The Hall–Kier alpha value is -7.14. The van der Waals surface area contributed by atoms with Crippen molar-refractivity contribution in [2.45, 2.75) is 70.8 Å². The summed E-state index contributed by atoms with van der Waals surface area (Å²) in [5.41, 5.74) is 20.6. The summed E-state index contributed by atoms with van der Waals surface area (Å²) in [5, 5.41) is 19.8. The third-order valence-electron chi connectivity index (χ3n) is 10.3. The van der Waals surface area contributed by atoms with Gasteiger partial charge in [0.2, 0.25) is 23.6 Å². The first-order valence-electron chi connectivity index (χ1n) is 21.3. The van der Waals surface area contributed by atoms with Gasteiger partial charge in [-0.2, -0.15) is 5.26 Å². The van der Waals surface area contributed by atoms with Gasteiger partial charge in [-0.15, -0.1) is 0 Å². The molecule has 5 rings (SSSR count). The van der Waals surface area contributed by atoms with Gasteiger partial charge in [0.1, 0.15) is 61.2 Å². The molecule has 1 aliphatic heterocycles. The van der Waals surface area contributed by atoms with E-state index < -0.39 is 53.7 Å². The molecule has 0 fully saturated rings. The zero-order valence-electron chi connectivity index (χ0n) is 37.2. The van der Waals surface area contributed by atoms with Gasteiger partial charge < -0.3 is 57.6 Å². The Balaban J connectivity index is 1.56. The van der Waals surface area contributed by atoms with Gasteiger partial charge in [-0.25, -0.2) is 9.97 Å². The number of nitrogens with one attached hydrogen (secondary N) is 4. The minimum Gasteiger partial charge on any atom is -0.492 e. The highest BCUT2D eigenvalue weighted by atomic mass is 16.5. The van der Waals surface area contributed by atoms with Gasteiger partial charge in [0.15, 0.2) is 5.82 Å². The number of carbonyl (C=O) groups is 5. The number of aromatic nitrogens is 2. The van der Waals surface area contributed by atoms with Crippen molar-refractivity contribution in [3.8, 4) is 45.8 Å². The fourth-order valence-electron chi connectivity index (χ4n) is 7.18. The van der Waals surface area contributed by atoms with E-state index in [0.717, 1.165) is 0 Å². The molecule has 19 nitrogen and oxygen atoms in total. The third-order valence-corrected chi connectivity index (χ3v) is 10.3. The predicted octanol–water partition coefficient (Wildman–Crippen LogP) is 1.41. The second-order valence-electron chi connectivity index (χ2n) is 15.6. The van der Waals surface area contributed by atoms with Crippen LogP contribution in [-0.2, 0) is 25.6 Å². The maximum Gasteiger partial charge on any atom is 0.255 e. The van der Waals surface area contributed by atoms with Gasteiger partial charge in [-0.3, -0.25) is 24.0 Å². The highest BCUT2D eigenvalue weighted by Crippen LogP contribution is 2.40. The molecule has 0 saturated heterocycles. The molecule has 1 aromatic heterocycles. The van der Waals surface area contributed by atoms with Crippen LogP contribution in [0.25, 0.3) is 22.5 Å². The molecule has 1 aliphatic rings. The van der Waals surface area contributed by atoms with Crippen LogP contribution >= 0.6 is 0 Å². The van der Waals surface area contributed by atoms with Crippen LogP contribution in [0.15, 0.2) is 66.9 Å². The lowest BCUT2D eigenvalue weighted by Crippen LogP contribution is -2.56. The first kappa shape index (κ1) is 48.9. The van der Waals surface area contributed by atoms with Crippen LogP contribution in [0, 0.1) is 18.3 Å². The van der Waals surface area contributed by atoms with Crippen LogP contribution in [-0.4, -0.2) is 115 Å². The Labute approximate surface area is 377 Å². The summed E-state index contributed by atoms with van der Waals surface area (Å²) >= 11 is 0. The van der Waals surface area contributed by atoms with E-state index in [0.29, 0.717) is 56.6 Å². The molecule has 19 heteroatoms. The van der Waals surface area contributed by atoms with Gasteiger partial charge >= 0.3 is 0 Å². The number of ether oxygens (including phenoxy) is 3. The number of hydrogen-bond donors (Lipinski definition) is 7. The number of aryl methyl sites for hydroxylation is 1. The minimum absolute atomic E-state index is 0.00182. The number of amides is 5. The van der Waals surface area contributed by atoms with Crippen LogP contribution in [0.4, 0.5) is 0 Å². The fraction of sp³-hybridized carbons (Fsp3) is 0.391. The topological polar surface area (TPSA) is 292 Å². The van der Waals surface area contributed by atoms with Crippen molar-refractivity contribution in [2.24, 2.45) is 17.2 Å². The zero-order chi connectivity index (χ0) is 47.2. The monoisotopic (exact) mass is 891 g/mol. The van der Waals surface area contributed by atoms with E-state index >= 15 is 0 Å². The van der Waals surface area contributed by atoms with E-state index in [2.05, 4.69) is 31.2 Å². The predicted molar refractivity (Wildman–Crippen MR) is 241 cm³/mol. The molecule has 344 valence electrons. The second-order valence-corrected chi connectivity index (χ2v) is 15.6. The van der Waals surface area contributed by atoms with Crippen LogP contribution in [0.1, 0.15) is 60.4 Å². The summed E-state index contributed by atoms with van der Waals surface area (Å²) in [5.74, 6) is -1.65. The van der Waals surface area contributed by atoms with Gasteiger partial charge in [0, 0.05) is 49.4 Å². The highest BCUT2D eigenvalue weighted by molar-refractivity contribution is 6.00. The molecule has 0 saturated carbocycles. The molecule has 4 bridgehead atoms. The van der Waals surface area contributed by atoms with Crippen molar-refractivity contribution in [3.63, 3.8) is 0 Å². The number of hydrogen-bond acceptors (Lipinski definition) is 14. The lowest BCUT2D eigenvalue weighted by atomic mass is 9.93. The largest absolute Gasteiger partial charge is 0.492 e. The van der Waals surface area contributed by atoms with Crippen LogP contribution in [0.2, 0.25) is 0 Å². The molecule has 3 aromatic carbocycles. The Morgan fingerprint density at radius 2 is 1.63 bits per heavy atom. The molecule has 0 unspecified atom stereocenters. The first-order chi connectivity index (χ1) is 31.2. The quantitative estimate of drug-likeness (QED) is 0.0739. The van der Waals surface area contributed by atoms with Gasteiger partial charge in [0.25, 0.3) is 5.91 Å². The first-order valence-corrected chi connectivity index (χ1v) is 21.3. The van der Waals surface area contributed by atoms with Crippen LogP contribution in [0.5, 0.6) is 17.2 Å². The van der Waals surface area contributed by atoms with Crippen molar-refractivity contribution >= 4 is 29.5 Å². The molecule has 0 spiro atoms. The molecule has 4 atom stereocenters. The number of rotatable bonds is 17. The number of benzene rings is 3. The number of nitrogens with zero attached hydrogens (tertiary/aromatic N) is 4. The van der Waals surface area contributed by atoms with Crippen molar-refractivity contribution in [1.82, 2.24) is 36.1 Å². The Morgan fingerprint density at radius 3 is 2.28 bits per heavy atom. The smallest absolute Gasteiger partial charge is 0.255 e. The molecule has 0 aliphatic carbocycles. The normalized spacial score (nSPS) is 16.5. The molecule has 4 aromatic rings. The highest BCUT2D eigenvalue weighted by Gasteiger charge is 2.36. The van der Waals surface area contributed by atoms with Gasteiger partial charge in [-0.1, -0.05) is 24.3 Å². The van der Waals surface area contributed by atoms with Crippen molar-refractivity contribution in [1.29, 1.82) is 5.26 Å².